The van der Waals surface area contributed by atoms with Gasteiger partial charge in [-0.25, -0.2) is 33.9 Å². The lowest BCUT2D eigenvalue weighted by molar-refractivity contribution is -0.153. The smallest absolute Gasteiger partial charge is 0.437 e. The first-order valence-corrected chi connectivity index (χ1v) is 21.9. The summed E-state index contributed by atoms with van der Waals surface area (Å²) < 4.78 is 28.5. The Labute approximate surface area is 398 Å². The lowest BCUT2D eigenvalue weighted by atomic mass is 10.00. The van der Waals surface area contributed by atoms with Gasteiger partial charge in [-0.3, -0.25) is 0 Å². The van der Waals surface area contributed by atoms with E-state index in [1.54, 1.807) is 73.3 Å². The zero-order valence-corrected chi connectivity index (χ0v) is 40.7. The topological polar surface area (TPSA) is 315 Å². The molecule has 3 unspecified atom stereocenters. The van der Waals surface area contributed by atoms with E-state index < -0.39 is 71.3 Å². The number of aliphatic imine (C=N–C) groups is 1. The molecule has 2 aromatic heterocycles. The van der Waals surface area contributed by atoms with Crippen LogP contribution in [0.15, 0.2) is 23.3 Å². The largest absolute Gasteiger partial charge is 0.457 e. The number of imidazole rings is 1. The number of carbonyl (C=O) groups excluding carboxylic acids is 5. The van der Waals surface area contributed by atoms with Crippen LogP contribution in [-0.4, -0.2) is 129 Å². The molecule has 3 atom stereocenters. The molecule has 3 aromatic rings. The molecule has 1 saturated heterocycles. The Morgan fingerprint density at radius 3 is 2.28 bits per heavy atom. The number of nitriles is 2. The maximum absolute atomic E-state index is 14.3. The Morgan fingerprint density at radius 1 is 1.00 bits per heavy atom. The molecule has 0 saturated carbocycles. The Kier molecular flexibility index (Phi) is 17.6. The van der Waals surface area contributed by atoms with E-state index in [2.05, 4.69) is 47.4 Å². The molecular formula is C43H59ClN14O10. The maximum Gasteiger partial charge on any atom is 0.437 e. The van der Waals surface area contributed by atoms with Crippen molar-refractivity contribution in [1.82, 2.24) is 35.1 Å². The fourth-order valence-electron chi connectivity index (χ4n) is 6.48. The molecule has 0 aliphatic carbocycles. The molecule has 6 N–H and O–H groups in total. The van der Waals surface area contributed by atoms with Crippen LogP contribution in [0.1, 0.15) is 99.8 Å². The highest BCUT2D eigenvalue weighted by Gasteiger charge is 2.37. The van der Waals surface area contributed by atoms with E-state index in [0.717, 1.165) is 4.90 Å². The number of halogens is 1. The number of hydrogen-bond donors (Lipinski definition) is 5. The van der Waals surface area contributed by atoms with Crippen molar-refractivity contribution in [2.45, 2.75) is 123 Å². The number of nitrogens with zero attached hydrogens (tertiary/aromatic N) is 9. The number of fused-ring (bicyclic) bond motifs is 1. The van der Waals surface area contributed by atoms with Crippen LogP contribution in [0, 0.1) is 22.7 Å². The summed E-state index contributed by atoms with van der Waals surface area (Å²) in [5.74, 6) is -1.13. The van der Waals surface area contributed by atoms with Crippen LogP contribution < -0.4 is 31.9 Å². The van der Waals surface area contributed by atoms with Crippen LogP contribution in [0.25, 0.3) is 5.65 Å². The summed E-state index contributed by atoms with van der Waals surface area (Å²) in [5, 5.41) is 35.7. The highest BCUT2D eigenvalue weighted by Crippen LogP contribution is 2.38. The second-order valence-electron chi connectivity index (χ2n) is 18.3. The average Bonchev–Trinajstić information content (AvgIpc) is 3.64. The number of piperidine rings is 1. The minimum absolute atomic E-state index is 0.0226. The third-order valence-corrected chi connectivity index (χ3v) is 9.64. The van der Waals surface area contributed by atoms with Crippen LogP contribution in [0.2, 0.25) is 5.02 Å². The highest BCUT2D eigenvalue weighted by atomic mass is 35.5. The monoisotopic (exact) mass is 966 g/mol. The molecule has 1 aliphatic rings. The summed E-state index contributed by atoms with van der Waals surface area (Å²) in [7, 11) is 1.18. The van der Waals surface area contributed by atoms with E-state index in [-0.39, 0.29) is 66.8 Å². The lowest BCUT2D eigenvalue weighted by Gasteiger charge is -2.40. The molecule has 0 radical (unpaired) electrons. The number of nitrogens with two attached hydrogens (primary N) is 1. The van der Waals surface area contributed by atoms with Gasteiger partial charge in [0.05, 0.1) is 53.9 Å². The molecule has 0 bridgehead atoms. The van der Waals surface area contributed by atoms with Gasteiger partial charge in [0.2, 0.25) is 11.9 Å². The fourth-order valence-corrected chi connectivity index (χ4v) is 6.76. The Balaban J connectivity index is 1.66. The van der Waals surface area contributed by atoms with E-state index in [1.807, 2.05) is 13.0 Å². The number of amides is 4. The Hall–Kier alpha value is -7.34. The number of nitrogens with one attached hydrogen (secondary N) is 4. The van der Waals surface area contributed by atoms with E-state index in [0.29, 0.717) is 23.7 Å². The number of anilines is 4. The van der Waals surface area contributed by atoms with Crippen molar-refractivity contribution >= 4 is 76.7 Å². The van der Waals surface area contributed by atoms with Crippen LogP contribution in [0.3, 0.4) is 0 Å². The predicted octanol–water partition coefficient (Wildman–Crippen LogP) is 5.70. The number of guanidine groups is 1. The van der Waals surface area contributed by atoms with Crippen LogP contribution in [-0.2, 0) is 28.5 Å². The lowest BCUT2D eigenvalue weighted by Crippen LogP contribution is -2.57. The minimum atomic E-state index is -1.41. The standard InChI is InChI=1S/C43H59ClN14O10/c1-12-48-32-33-49-22-25(21-46)58(33)55-36(53-32)50-28-18-24(20-45)19-29(31(28)44)56-17-15-26(51-37(60)64-11)30(23-56)65-34(59)27(52-38(61)66-41(2,3)4)14-13-16-57(40(63)68-43(8,9)10)35(47)54-39(62)67-42(5,6)7/h18-19,22,26-27,30H,12-17,23H2,1-11H3,(H,51,60)(H,52,61)(H2,47,54,62)(H2,48,50,53,55). The number of ether oxygens (including phenoxy) is 5. The molecule has 24 nitrogen and oxygen atoms in total. The van der Waals surface area contributed by atoms with Crippen molar-refractivity contribution in [3.8, 4) is 12.1 Å². The van der Waals surface area contributed by atoms with Crippen LogP contribution in [0.4, 0.5) is 42.3 Å². The molecule has 3 heterocycles. The number of hydrogen-bond acceptors (Lipinski definition) is 18. The van der Waals surface area contributed by atoms with Crippen molar-refractivity contribution in [3.05, 3.63) is 34.6 Å². The first-order valence-electron chi connectivity index (χ1n) is 21.5. The molecule has 1 fully saturated rings. The van der Waals surface area contributed by atoms with Gasteiger partial charge < -0.3 is 55.6 Å². The van der Waals surface area contributed by atoms with Gasteiger partial charge >= 0.3 is 30.3 Å². The SMILES string of the molecule is CCNc1nc(Nc2cc(C#N)cc(N3CCC(NC(=O)OC)C(OC(=O)C(CCCN(C(=O)OC(C)(C)C)/C(N)=N/C(=O)OC(C)(C)C)NC(=O)OC(C)(C)C)C3)c2Cl)nn2c(C#N)cnc12. The van der Waals surface area contributed by atoms with Gasteiger partial charge in [0.25, 0.3) is 0 Å². The number of rotatable bonds is 13. The number of methoxy groups -OCH3 is 1. The van der Waals surface area contributed by atoms with Gasteiger partial charge in [0.15, 0.2) is 17.2 Å². The molecule has 368 valence electrons. The molecule has 25 heteroatoms. The molecular weight excluding hydrogens is 908 g/mol. The highest BCUT2D eigenvalue weighted by molar-refractivity contribution is 6.36. The first kappa shape index (κ1) is 53.3. The van der Waals surface area contributed by atoms with E-state index in [9.17, 15) is 34.5 Å². The van der Waals surface area contributed by atoms with E-state index in [4.69, 9.17) is 41.0 Å². The van der Waals surface area contributed by atoms with Gasteiger partial charge in [-0.05, 0) is 101 Å². The van der Waals surface area contributed by atoms with Gasteiger partial charge in [-0.15, -0.1) is 10.1 Å². The van der Waals surface area contributed by atoms with Crippen molar-refractivity contribution in [2.24, 2.45) is 10.7 Å². The molecule has 1 aliphatic heterocycles. The zero-order valence-electron chi connectivity index (χ0n) is 40.0. The van der Waals surface area contributed by atoms with Gasteiger partial charge in [-0.1, -0.05) is 11.6 Å². The summed E-state index contributed by atoms with van der Waals surface area (Å²) >= 11 is 7.06. The van der Waals surface area contributed by atoms with E-state index in [1.165, 1.54) is 23.9 Å². The predicted molar refractivity (Wildman–Crippen MR) is 248 cm³/mol. The van der Waals surface area contributed by atoms with Gasteiger partial charge in [-0.2, -0.15) is 20.0 Å². The summed E-state index contributed by atoms with van der Waals surface area (Å²) in [6.07, 6.45) is -3.57. The fraction of sp³-hybridized carbons (Fsp3) is 0.558. The third-order valence-electron chi connectivity index (χ3n) is 9.25. The second-order valence-corrected chi connectivity index (χ2v) is 18.7. The van der Waals surface area contributed by atoms with Crippen LogP contribution in [0.5, 0.6) is 0 Å². The van der Waals surface area contributed by atoms with Crippen molar-refractivity contribution in [1.29, 1.82) is 10.5 Å². The summed E-state index contributed by atoms with van der Waals surface area (Å²) in [5.41, 5.74) is 4.50. The van der Waals surface area contributed by atoms with Crippen molar-refractivity contribution < 1.29 is 47.7 Å². The van der Waals surface area contributed by atoms with E-state index >= 15 is 0 Å². The number of carbonyl (C=O) groups is 5. The normalized spacial score (nSPS) is 15.7. The van der Waals surface area contributed by atoms with Crippen molar-refractivity contribution in [2.75, 3.05) is 48.8 Å². The number of benzene rings is 1. The van der Waals surface area contributed by atoms with Crippen molar-refractivity contribution in [3.63, 3.8) is 0 Å². The van der Waals surface area contributed by atoms with Crippen LogP contribution >= 0.6 is 11.6 Å². The van der Waals surface area contributed by atoms with Gasteiger partial charge in [0.1, 0.15) is 35.0 Å². The molecule has 1 aromatic carbocycles. The minimum Gasteiger partial charge on any atom is -0.457 e. The molecule has 68 heavy (non-hydrogen) atoms. The second kappa shape index (κ2) is 22.4. The Morgan fingerprint density at radius 2 is 1.68 bits per heavy atom. The quantitative estimate of drug-likeness (QED) is 0.0593. The van der Waals surface area contributed by atoms with Gasteiger partial charge in [0, 0.05) is 19.6 Å². The molecule has 4 amide bonds. The summed E-state index contributed by atoms with van der Waals surface area (Å²) in [6.45, 7) is 16.9. The summed E-state index contributed by atoms with van der Waals surface area (Å²) in [4.78, 5) is 81.1. The zero-order chi connectivity index (χ0) is 50.7. The number of alkyl carbamates (subject to hydrolysis) is 2. The summed E-state index contributed by atoms with van der Waals surface area (Å²) in [6, 6.07) is 4.96. The average molecular weight is 967 g/mol. The first-order chi connectivity index (χ1) is 31.7. The molecule has 0 spiro atoms. The Bertz CT molecular complexity index is 2460. The number of aromatic nitrogens is 4. The maximum atomic E-state index is 14.3. The molecule has 4 rings (SSSR count). The third kappa shape index (κ3) is 15.4. The number of esters is 1.